The third-order valence-electron chi connectivity index (χ3n) is 4.45. The number of anilines is 1. The summed E-state index contributed by atoms with van der Waals surface area (Å²) in [4.78, 5) is 12.7. The molecule has 0 aromatic heterocycles. The van der Waals surface area contributed by atoms with Crippen molar-refractivity contribution in [1.82, 2.24) is 0 Å². The molecule has 1 amide bonds. The average Bonchev–Trinajstić information content (AvgIpc) is 2.75. The summed E-state index contributed by atoms with van der Waals surface area (Å²) < 4.78 is 16.7. The molecule has 0 aliphatic carbocycles. The molecule has 0 radical (unpaired) electrons. The van der Waals surface area contributed by atoms with Crippen LogP contribution in [0.2, 0.25) is 0 Å². The number of hydrogen-bond acceptors (Lipinski definition) is 4. The van der Waals surface area contributed by atoms with Crippen LogP contribution in [0.3, 0.4) is 0 Å². The van der Waals surface area contributed by atoms with Crippen LogP contribution in [0, 0.1) is 0 Å². The fourth-order valence-corrected chi connectivity index (χ4v) is 2.86. The molecule has 0 saturated heterocycles. The first kappa shape index (κ1) is 22.8. The Labute approximate surface area is 174 Å². The Morgan fingerprint density at radius 1 is 0.828 bits per heavy atom. The monoisotopic (exact) mass is 399 g/mol. The number of carbonyl (C=O) groups is 1. The molecule has 0 saturated carbocycles. The summed E-state index contributed by atoms with van der Waals surface area (Å²) in [6, 6.07) is 14.7. The molecule has 29 heavy (non-hydrogen) atoms. The molecule has 2 aromatic rings. The Morgan fingerprint density at radius 3 is 2.34 bits per heavy atom. The topological polar surface area (TPSA) is 56.8 Å². The summed E-state index contributed by atoms with van der Waals surface area (Å²) in [5, 5.41) is 2.91. The first-order valence-corrected chi connectivity index (χ1v) is 10.6. The second-order valence-electron chi connectivity index (χ2n) is 6.78. The van der Waals surface area contributed by atoms with Gasteiger partial charge >= 0.3 is 0 Å². The van der Waals surface area contributed by atoms with Gasteiger partial charge in [0.1, 0.15) is 18.1 Å². The first-order valence-electron chi connectivity index (χ1n) is 10.6. The van der Waals surface area contributed by atoms with Gasteiger partial charge in [0.2, 0.25) is 0 Å². The third-order valence-corrected chi connectivity index (χ3v) is 4.45. The van der Waals surface area contributed by atoms with E-state index in [9.17, 15) is 4.79 Å². The number of carbonyl (C=O) groups excluding carboxylic acids is 1. The van der Waals surface area contributed by atoms with Gasteiger partial charge in [0, 0.05) is 12.3 Å². The van der Waals surface area contributed by atoms with Gasteiger partial charge in [0.15, 0.2) is 0 Å². The molecule has 2 aromatic carbocycles. The predicted octanol–water partition coefficient (Wildman–Crippen LogP) is 5.70. The number of benzene rings is 2. The maximum absolute atomic E-state index is 12.7. The summed E-state index contributed by atoms with van der Waals surface area (Å²) >= 11 is 0. The second kappa shape index (κ2) is 13.6. The van der Waals surface area contributed by atoms with Gasteiger partial charge in [-0.15, -0.1) is 0 Å². The van der Waals surface area contributed by atoms with Crippen molar-refractivity contribution in [3.63, 3.8) is 0 Å². The summed E-state index contributed by atoms with van der Waals surface area (Å²) in [5.74, 6) is 1.16. The van der Waals surface area contributed by atoms with E-state index < -0.39 is 0 Å². The lowest BCUT2D eigenvalue weighted by molar-refractivity contribution is 0.0998. The van der Waals surface area contributed by atoms with Crippen LogP contribution in [0.5, 0.6) is 11.5 Å². The maximum Gasteiger partial charge on any atom is 0.259 e. The molecule has 5 nitrogen and oxygen atoms in total. The number of unbranched alkanes of at least 4 members (excludes halogenated alkanes) is 4. The van der Waals surface area contributed by atoms with Crippen molar-refractivity contribution in [3.8, 4) is 11.5 Å². The normalized spacial score (nSPS) is 10.6. The highest BCUT2D eigenvalue weighted by Gasteiger charge is 2.12. The summed E-state index contributed by atoms with van der Waals surface area (Å²) in [7, 11) is 0. The van der Waals surface area contributed by atoms with E-state index in [0.717, 1.165) is 24.5 Å². The zero-order valence-electron chi connectivity index (χ0n) is 17.6. The fourth-order valence-electron chi connectivity index (χ4n) is 2.86. The van der Waals surface area contributed by atoms with Crippen molar-refractivity contribution in [3.05, 3.63) is 54.1 Å². The van der Waals surface area contributed by atoms with Crippen LogP contribution in [-0.4, -0.2) is 32.3 Å². The van der Waals surface area contributed by atoms with Gasteiger partial charge < -0.3 is 19.5 Å². The lowest BCUT2D eigenvalue weighted by atomic mass is 10.1. The highest BCUT2D eigenvalue weighted by molar-refractivity contribution is 6.06. The van der Waals surface area contributed by atoms with Gasteiger partial charge in [0.25, 0.3) is 5.91 Å². The van der Waals surface area contributed by atoms with Gasteiger partial charge in [-0.25, -0.2) is 0 Å². The molecule has 0 bridgehead atoms. The Morgan fingerprint density at radius 2 is 1.59 bits per heavy atom. The maximum atomic E-state index is 12.7. The van der Waals surface area contributed by atoms with E-state index >= 15 is 0 Å². The summed E-state index contributed by atoms with van der Waals surface area (Å²) in [6.45, 7) is 6.41. The van der Waals surface area contributed by atoms with E-state index in [2.05, 4.69) is 12.2 Å². The highest BCUT2D eigenvalue weighted by atomic mass is 16.5. The number of ether oxygens (including phenoxy) is 3. The Bertz CT molecular complexity index is 715. The summed E-state index contributed by atoms with van der Waals surface area (Å²) in [5.41, 5.74) is 1.21. The smallest absolute Gasteiger partial charge is 0.259 e. The van der Waals surface area contributed by atoms with Gasteiger partial charge in [0.05, 0.1) is 18.8 Å². The molecule has 0 aliphatic rings. The molecular weight excluding hydrogens is 366 g/mol. The van der Waals surface area contributed by atoms with E-state index in [1.807, 2.05) is 43.3 Å². The van der Waals surface area contributed by atoms with Crippen LogP contribution in [0.1, 0.15) is 56.3 Å². The van der Waals surface area contributed by atoms with Gasteiger partial charge in [-0.3, -0.25) is 4.79 Å². The van der Waals surface area contributed by atoms with Crippen LogP contribution in [-0.2, 0) is 4.74 Å². The van der Waals surface area contributed by atoms with Crippen LogP contribution in [0.4, 0.5) is 5.69 Å². The molecule has 0 aliphatic heterocycles. The molecule has 0 atom stereocenters. The number of amides is 1. The van der Waals surface area contributed by atoms with Crippen molar-refractivity contribution in [2.24, 2.45) is 0 Å². The molecule has 158 valence electrons. The Balaban J connectivity index is 1.83. The van der Waals surface area contributed by atoms with E-state index in [1.54, 1.807) is 12.1 Å². The number of para-hydroxylation sites is 1. The SMILES string of the molecule is CCCCCCCOc1ccc(NC(=O)c2ccccc2OCCOCC)cc1. The standard InChI is InChI=1S/C24H33NO4/c1-3-5-6-7-10-17-28-21-15-13-20(14-16-21)25-24(26)22-11-8-9-12-23(22)29-19-18-27-4-2/h8-9,11-16H,3-7,10,17-19H2,1-2H3,(H,25,26). The van der Waals surface area contributed by atoms with Gasteiger partial charge in [-0.2, -0.15) is 0 Å². The van der Waals surface area contributed by atoms with E-state index in [4.69, 9.17) is 14.2 Å². The molecule has 0 unspecified atom stereocenters. The molecule has 5 heteroatoms. The largest absolute Gasteiger partial charge is 0.494 e. The fraction of sp³-hybridized carbons (Fsp3) is 0.458. The molecule has 0 spiro atoms. The molecule has 0 fully saturated rings. The quantitative estimate of drug-likeness (QED) is 0.414. The zero-order valence-corrected chi connectivity index (χ0v) is 17.6. The minimum absolute atomic E-state index is 0.207. The van der Waals surface area contributed by atoms with Crippen molar-refractivity contribution in [1.29, 1.82) is 0 Å². The van der Waals surface area contributed by atoms with Crippen molar-refractivity contribution < 1.29 is 19.0 Å². The molecule has 0 heterocycles. The number of rotatable bonds is 14. The van der Waals surface area contributed by atoms with Crippen molar-refractivity contribution in [2.45, 2.75) is 46.0 Å². The first-order chi connectivity index (χ1) is 14.2. The van der Waals surface area contributed by atoms with Gasteiger partial charge in [-0.1, -0.05) is 44.7 Å². The van der Waals surface area contributed by atoms with Crippen LogP contribution in [0.15, 0.2) is 48.5 Å². The van der Waals surface area contributed by atoms with E-state index in [1.165, 1.54) is 25.7 Å². The second-order valence-corrected chi connectivity index (χ2v) is 6.78. The average molecular weight is 400 g/mol. The Hall–Kier alpha value is -2.53. The molecular formula is C24H33NO4. The highest BCUT2D eigenvalue weighted by Crippen LogP contribution is 2.21. The van der Waals surface area contributed by atoms with Crippen LogP contribution < -0.4 is 14.8 Å². The molecule has 2 rings (SSSR count). The molecule has 1 N–H and O–H groups in total. The third kappa shape index (κ3) is 8.57. The Kier molecular flexibility index (Phi) is 10.7. The van der Waals surface area contributed by atoms with Crippen LogP contribution in [0.25, 0.3) is 0 Å². The lowest BCUT2D eigenvalue weighted by Gasteiger charge is -2.12. The minimum Gasteiger partial charge on any atom is -0.494 e. The zero-order chi connectivity index (χ0) is 20.7. The summed E-state index contributed by atoms with van der Waals surface area (Å²) in [6.07, 6.45) is 6.07. The minimum atomic E-state index is -0.207. The van der Waals surface area contributed by atoms with Crippen molar-refractivity contribution in [2.75, 3.05) is 31.7 Å². The van der Waals surface area contributed by atoms with E-state index in [0.29, 0.717) is 31.1 Å². The van der Waals surface area contributed by atoms with Gasteiger partial charge in [-0.05, 0) is 49.7 Å². The van der Waals surface area contributed by atoms with Crippen LogP contribution >= 0.6 is 0 Å². The predicted molar refractivity (Wildman–Crippen MR) is 117 cm³/mol. The lowest BCUT2D eigenvalue weighted by Crippen LogP contribution is -2.15. The van der Waals surface area contributed by atoms with Crippen molar-refractivity contribution >= 4 is 11.6 Å². The number of nitrogens with one attached hydrogen (secondary N) is 1. The number of hydrogen-bond donors (Lipinski definition) is 1. The van der Waals surface area contributed by atoms with E-state index in [-0.39, 0.29) is 5.91 Å².